The van der Waals surface area contributed by atoms with Gasteiger partial charge in [0.2, 0.25) is 5.91 Å². The van der Waals surface area contributed by atoms with Gasteiger partial charge in [0.15, 0.2) is 11.5 Å². The van der Waals surface area contributed by atoms with Gasteiger partial charge in [0.25, 0.3) is 11.1 Å². The first-order chi connectivity index (χ1) is 18.9. The number of carbonyl (C=O) groups is 3. The number of hydrogen-bond acceptors (Lipinski definition) is 6. The van der Waals surface area contributed by atoms with E-state index in [1.165, 1.54) is 0 Å². The molecule has 0 bridgehead atoms. The lowest BCUT2D eigenvalue weighted by atomic mass is 10.0. The van der Waals surface area contributed by atoms with Gasteiger partial charge in [-0.3, -0.25) is 19.3 Å². The number of hydrogen-bond donors (Lipinski definition) is 1. The minimum atomic E-state index is -0.543. The maximum absolute atomic E-state index is 13.1. The number of carbonyl (C=O) groups excluding carboxylic acids is 3. The normalized spacial score (nSPS) is 14.0. The molecule has 4 rings (SSSR count). The van der Waals surface area contributed by atoms with Crippen LogP contribution in [0.25, 0.3) is 6.08 Å². The molecule has 1 aliphatic heterocycles. The van der Waals surface area contributed by atoms with E-state index in [0.29, 0.717) is 47.4 Å². The second kappa shape index (κ2) is 13.2. The third-order valence-corrected chi connectivity index (χ3v) is 6.77. The Morgan fingerprint density at radius 1 is 1.08 bits per heavy atom. The van der Waals surface area contributed by atoms with Crippen molar-refractivity contribution in [2.24, 2.45) is 0 Å². The monoisotopic (exact) mass is 562 g/mol. The maximum atomic E-state index is 13.1. The summed E-state index contributed by atoms with van der Waals surface area (Å²) in [5.41, 5.74) is 2.99. The molecule has 0 saturated carbocycles. The summed E-state index contributed by atoms with van der Waals surface area (Å²) in [6.45, 7) is 6.09. The van der Waals surface area contributed by atoms with E-state index in [0.717, 1.165) is 27.8 Å². The molecule has 1 aliphatic rings. The summed E-state index contributed by atoms with van der Waals surface area (Å²) < 4.78 is 12.0. The van der Waals surface area contributed by atoms with E-state index in [4.69, 9.17) is 21.1 Å². The number of rotatable bonds is 11. The third kappa shape index (κ3) is 7.31. The van der Waals surface area contributed by atoms with E-state index < -0.39 is 23.6 Å². The van der Waals surface area contributed by atoms with Crippen LogP contribution in [-0.4, -0.2) is 35.1 Å². The Morgan fingerprint density at radius 3 is 2.59 bits per heavy atom. The van der Waals surface area contributed by atoms with E-state index in [1.54, 1.807) is 42.5 Å². The van der Waals surface area contributed by atoms with Crippen LogP contribution in [0.2, 0.25) is 5.02 Å². The highest BCUT2D eigenvalue weighted by molar-refractivity contribution is 8.18. The molecule has 1 heterocycles. The largest absolute Gasteiger partial charge is 0.490 e. The molecule has 0 aliphatic carbocycles. The molecular weight excluding hydrogens is 536 g/mol. The van der Waals surface area contributed by atoms with Gasteiger partial charge in [-0.05, 0) is 72.6 Å². The molecular formula is C30H27ClN2O5S. The Kier molecular flexibility index (Phi) is 9.46. The van der Waals surface area contributed by atoms with Crippen LogP contribution < -0.4 is 14.8 Å². The van der Waals surface area contributed by atoms with Gasteiger partial charge >= 0.3 is 0 Å². The van der Waals surface area contributed by atoms with E-state index in [-0.39, 0.29) is 4.91 Å². The van der Waals surface area contributed by atoms with Crippen LogP contribution in [0.1, 0.15) is 23.6 Å². The van der Waals surface area contributed by atoms with E-state index in [2.05, 4.69) is 11.9 Å². The van der Waals surface area contributed by atoms with Gasteiger partial charge in [-0.1, -0.05) is 54.1 Å². The highest BCUT2D eigenvalue weighted by Gasteiger charge is 2.36. The maximum Gasteiger partial charge on any atom is 0.294 e. The van der Waals surface area contributed by atoms with Gasteiger partial charge in [-0.25, -0.2) is 0 Å². The lowest BCUT2D eigenvalue weighted by Gasteiger charge is -2.17. The highest BCUT2D eigenvalue weighted by atomic mass is 35.5. The third-order valence-electron chi connectivity index (χ3n) is 5.63. The number of halogens is 1. The fourth-order valence-corrected chi connectivity index (χ4v) is 4.96. The fraction of sp³-hybridized carbons (Fsp3) is 0.167. The average molecular weight is 563 g/mol. The zero-order valence-corrected chi connectivity index (χ0v) is 22.9. The zero-order valence-electron chi connectivity index (χ0n) is 21.3. The summed E-state index contributed by atoms with van der Waals surface area (Å²) in [5.74, 6) is 0.0780. The molecule has 3 amide bonds. The number of nitrogens with one attached hydrogen (secondary N) is 1. The van der Waals surface area contributed by atoms with Crippen molar-refractivity contribution in [2.75, 3.05) is 18.5 Å². The first-order valence-electron chi connectivity index (χ1n) is 12.3. The predicted molar refractivity (Wildman–Crippen MR) is 155 cm³/mol. The van der Waals surface area contributed by atoms with Crippen molar-refractivity contribution in [1.82, 2.24) is 4.90 Å². The van der Waals surface area contributed by atoms with Crippen molar-refractivity contribution in [3.63, 3.8) is 0 Å². The smallest absolute Gasteiger partial charge is 0.294 e. The van der Waals surface area contributed by atoms with Crippen LogP contribution >= 0.6 is 23.4 Å². The SMILES string of the molecule is C=CCc1cc(/C=C2\SC(=O)N(CC(=O)Nc3cccc(Cl)c3)C2=O)cc(OCC)c1OCc1ccccc1. The molecule has 1 saturated heterocycles. The Balaban J connectivity index is 1.54. The number of benzene rings is 3. The molecule has 3 aromatic rings. The molecule has 0 atom stereocenters. The number of anilines is 1. The van der Waals surface area contributed by atoms with Gasteiger partial charge in [-0.2, -0.15) is 0 Å². The second-order valence-electron chi connectivity index (χ2n) is 8.53. The Bertz CT molecular complexity index is 1420. The Morgan fingerprint density at radius 2 is 1.87 bits per heavy atom. The van der Waals surface area contributed by atoms with Crippen LogP contribution in [0.15, 0.2) is 84.3 Å². The molecule has 0 spiro atoms. The van der Waals surface area contributed by atoms with Gasteiger partial charge in [0.1, 0.15) is 13.2 Å². The summed E-state index contributed by atoms with van der Waals surface area (Å²) >= 11 is 6.74. The van der Waals surface area contributed by atoms with Crippen molar-refractivity contribution in [2.45, 2.75) is 20.0 Å². The van der Waals surface area contributed by atoms with Crippen molar-refractivity contribution in [3.8, 4) is 11.5 Å². The predicted octanol–water partition coefficient (Wildman–Crippen LogP) is 6.72. The number of nitrogens with zero attached hydrogens (tertiary/aromatic N) is 1. The number of thioether (sulfide) groups is 1. The average Bonchev–Trinajstić information content (AvgIpc) is 3.16. The Hall–Kier alpha value is -4.01. The number of allylic oxidation sites excluding steroid dienone is 1. The van der Waals surface area contributed by atoms with Gasteiger partial charge < -0.3 is 14.8 Å². The first kappa shape index (κ1) is 28.0. The molecule has 7 nitrogen and oxygen atoms in total. The lowest BCUT2D eigenvalue weighted by Crippen LogP contribution is -2.36. The van der Waals surface area contributed by atoms with E-state index in [1.807, 2.05) is 43.3 Å². The molecule has 9 heteroatoms. The molecule has 1 N–H and O–H groups in total. The van der Waals surface area contributed by atoms with E-state index >= 15 is 0 Å². The second-order valence-corrected chi connectivity index (χ2v) is 9.96. The van der Waals surface area contributed by atoms with Crippen molar-refractivity contribution >= 4 is 52.2 Å². The topological polar surface area (TPSA) is 84.9 Å². The van der Waals surface area contributed by atoms with Crippen LogP contribution in [0.5, 0.6) is 11.5 Å². The molecule has 0 aromatic heterocycles. The van der Waals surface area contributed by atoms with Crippen LogP contribution in [0.4, 0.5) is 10.5 Å². The summed E-state index contributed by atoms with van der Waals surface area (Å²) in [5, 5.41) is 2.59. The number of amides is 3. The minimum absolute atomic E-state index is 0.209. The molecule has 0 radical (unpaired) electrons. The van der Waals surface area contributed by atoms with Gasteiger partial charge in [-0.15, -0.1) is 6.58 Å². The minimum Gasteiger partial charge on any atom is -0.490 e. The lowest BCUT2D eigenvalue weighted by molar-refractivity contribution is -0.127. The standard InChI is InChI=1S/C30H27ClN2O5S/c1-3-9-22-14-21(15-25(37-4-2)28(22)38-19-20-10-6-5-7-11-20)16-26-29(35)33(30(36)39-26)18-27(34)32-24-13-8-12-23(31)17-24/h3,5-8,10-17H,1,4,9,18-19H2,2H3,(H,32,34)/b26-16-. The van der Waals surface area contributed by atoms with E-state index in [9.17, 15) is 14.4 Å². The molecule has 3 aromatic carbocycles. The summed E-state index contributed by atoms with van der Waals surface area (Å²) in [4.78, 5) is 39.3. The van der Waals surface area contributed by atoms with Crippen molar-refractivity contribution < 1.29 is 23.9 Å². The van der Waals surface area contributed by atoms with Gasteiger partial charge in [0, 0.05) is 16.3 Å². The molecule has 1 fully saturated rings. The van der Waals surface area contributed by atoms with Gasteiger partial charge in [0.05, 0.1) is 11.5 Å². The zero-order chi connectivity index (χ0) is 27.8. The van der Waals surface area contributed by atoms with Crippen molar-refractivity contribution in [1.29, 1.82) is 0 Å². The molecule has 0 unspecified atom stereocenters. The quantitative estimate of drug-likeness (QED) is 0.206. The number of imide groups is 1. The summed E-state index contributed by atoms with van der Waals surface area (Å²) in [7, 11) is 0. The first-order valence-corrected chi connectivity index (χ1v) is 13.5. The van der Waals surface area contributed by atoms with Crippen LogP contribution in [-0.2, 0) is 22.6 Å². The number of ether oxygens (including phenoxy) is 2. The Labute approximate surface area is 236 Å². The fourth-order valence-electron chi connectivity index (χ4n) is 3.93. The van der Waals surface area contributed by atoms with Crippen LogP contribution in [0.3, 0.4) is 0 Å². The molecule has 39 heavy (non-hydrogen) atoms. The highest BCUT2D eigenvalue weighted by Crippen LogP contribution is 2.37. The van der Waals surface area contributed by atoms with Crippen molar-refractivity contribution in [3.05, 3.63) is 106 Å². The summed E-state index contributed by atoms with van der Waals surface area (Å²) in [6, 6.07) is 20.1. The molecule has 200 valence electrons. The summed E-state index contributed by atoms with van der Waals surface area (Å²) in [6.07, 6.45) is 3.89. The van der Waals surface area contributed by atoms with Crippen LogP contribution in [0, 0.1) is 0 Å².